The van der Waals surface area contributed by atoms with E-state index in [0.717, 1.165) is 25.9 Å². The Labute approximate surface area is 142 Å². The van der Waals surface area contributed by atoms with Crippen LogP contribution in [-0.4, -0.2) is 28.8 Å². The molecule has 1 saturated carbocycles. The van der Waals surface area contributed by atoms with E-state index in [1.165, 1.54) is 18.4 Å². The minimum absolute atomic E-state index is 0.0710. The van der Waals surface area contributed by atoms with Crippen LogP contribution >= 0.6 is 0 Å². The Kier molecular flexibility index (Phi) is 4.34. The van der Waals surface area contributed by atoms with Crippen LogP contribution in [0.5, 0.6) is 0 Å². The van der Waals surface area contributed by atoms with Crippen molar-refractivity contribution in [3.8, 4) is 0 Å². The Morgan fingerprint density at radius 2 is 2.04 bits per heavy atom. The van der Waals surface area contributed by atoms with Crippen molar-refractivity contribution in [3.05, 3.63) is 53.9 Å². The van der Waals surface area contributed by atoms with Gasteiger partial charge in [-0.1, -0.05) is 30.3 Å². The van der Waals surface area contributed by atoms with E-state index < -0.39 is 0 Å². The smallest absolute Gasteiger partial charge is 0.272 e. The van der Waals surface area contributed by atoms with Crippen molar-refractivity contribution >= 4 is 5.91 Å². The third-order valence-electron chi connectivity index (χ3n) is 5.02. The van der Waals surface area contributed by atoms with Gasteiger partial charge >= 0.3 is 0 Å². The monoisotopic (exact) mass is 324 g/mol. The normalized spacial score (nSPS) is 22.1. The molecule has 2 aromatic rings. The van der Waals surface area contributed by atoms with Crippen LogP contribution in [0.1, 0.15) is 53.8 Å². The molecule has 0 bridgehead atoms. The van der Waals surface area contributed by atoms with Gasteiger partial charge in [-0.2, -0.15) is 5.10 Å². The van der Waals surface area contributed by atoms with Crippen molar-refractivity contribution in [2.24, 2.45) is 5.92 Å². The predicted octanol–water partition coefficient (Wildman–Crippen LogP) is 2.69. The summed E-state index contributed by atoms with van der Waals surface area (Å²) in [7, 11) is 0. The minimum Gasteiger partial charge on any atom is -0.344 e. The number of aromatic nitrogens is 2. The summed E-state index contributed by atoms with van der Waals surface area (Å²) in [6.45, 7) is 2.00. The van der Waals surface area contributed by atoms with E-state index in [2.05, 4.69) is 27.9 Å². The number of hydrogen-bond acceptors (Lipinski definition) is 3. The molecule has 5 nitrogen and oxygen atoms in total. The molecule has 24 heavy (non-hydrogen) atoms. The molecule has 1 aromatic heterocycles. The number of nitrogens with one attached hydrogen (secondary N) is 2. The molecule has 2 heterocycles. The summed E-state index contributed by atoms with van der Waals surface area (Å²) in [5, 5.41) is 11.1. The van der Waals surface area contributed by atoms with Crippen LogP contribution in [0.25, 0.3) is 0 Å². The summed E-state index contributed by atoms with van der Waals surface area (Å²) in [5.74, 6) is 0.485. The molecule has 5 heteroatoms. The maximum absolute atomic E-state index is 12.7. The van der Waals surface area contributed by atoms with Gasteiger partial charge in [0, 0.05) is 12.7 Å². The highest BCUT2D eigenvalue weighted by Gasteiger charge is 2.33. The lowest BCUT2D eigenvalue weighted by molar-refractivity contribution is 0.0925. The fourth-order valence-electron chi connectivity index (χ4n) is 3.50. The number of carbonyl (C=O) groups is 1. The summed E-state index contributed by atoms with van der Waals surface area (Å²) in [5.41, 5.74) is 1.70. The summed E-state index contributed by atoms with van der Waals surface area (Å²) in [6, 6.07) is 12.5. The second kappa shape index (κ2) is 6.77. The van der Waals surface area contributed by atoms with Crippen molar-refractivity contribution in [2.45, 2.75) is 37.8 Å². The molecular formula is C19H24N4O. The number of carbonyl (C=O) groups excluding carboxylic acids is 1. The number of hydrogen-bond donors (Lipinski definition) is 2. The maximum atomic E-state index is 12.7. The molecule has 1 aliphatic carbocycles. The highest BCUT2D eigenvalue weighted by atomic mass is 16.2. The van der Waals surface area contributed by atoms with E-state index in [1.54, 1.807) is 0 Å². The van der Waals surface area contributed by atoms with Crippen LogP contribution in [-0.2, 0) is 0 Å². The van der Waals surface area contributed by atoms with E-state index in [-0.39, 0.29) is 11.9 Å². The lowest BCUT2D eigenvalue weighted by Gasteiger charge is -2.23. The molecular weight excluding hydrogens is 300 g/mol. The predicted molar refractivity (Wildman–Crippen MR) is 92.7 cm³/mol. The van der Waals surface area contributed by atoms with Gasteiger partial charge in [-0.05, 0) is 49.8 Å². The molecule has 1 aliphatic heterocycles. The van der Waals surface area contributed by atoms with Crippen molar-refractivity contribution in [3.63, 3.8) is 0 Å². The van der Waals surface area contributed by atoms with Crippen LogP contribution in [0.15, 0.2) is 42.6 Å². The Balaban J connectivity index is 1.46. The van der Waals surface area contributed by atoms with Crippen molar-refractivity contribution < 1.29 is 4.79 Å². The summed E-state index contributed by atoms with van der Waals surface area (Å²) in [4.78, 5) is 12.7. The average Bonchev–Trinajstić information content (AvgIpc) is 3.36. The first-order chi connectivity index (χ1) is 11.8. The van der Waals surface area contributed by atoms with Gasteiger partial charge in [0.2, 0.25) is 0 Å². The van der Waals surface area contributed by atoms with Gasteiger partial charge in [0.25, 0.3) is 5.91 Å². The van der Waals surface area contributed by atoms with Crippen LogP contribution < -0.4 is 10.6 Å². The largest absolute Gasteiger partial charge is 0.344 e. The van der Waals surface area contributed by atoms with E-state index in [9.17, 15) is 4.79 Å². The number of rotatable bonds is 5. The summed E-state index contributed by atoms with van der Waals surface area (Å²) < 4.78 is 1.94. The van der Waals surface area contributed by atoms with E-state index >= 15 is 0 Å². The molecule has 2 atom stereocenters. The first kappa shape index (κ1) is 15.4. The highest BCUT2D eigenvalue weighted by Crippen LogP contribution is 2.41. The number of benzene rings is 1. The number of nitrogens with zero attached hydrogens (tertiary/aromatic N) is 2. The summed E-state index contributed by atoms with van der Waals surface area (Å²) >= 11 is 0. The van der Waals surface area contributed by atoms with E-state index in [0.29, 0.717) is 17.7 Å². The van der Waals surface area contributed by atoms with Gasteiger partial charge in [-0.15, -0.1) is 0 Å². The molecule has 1 amide bonds. The van der Waals surface area contributed by atoms with Crippen LogP contribution in [0.3, 0.4) is 0 Å². The van der Waals surface area contributed by atoms with E-state index in [4.69, 9.17) is 0 Å². The quantitative estimate of drug-likeness (QED) is 0.889. The van der Waals surface area contributed by atoms with Crippen molar-refractivity contribution in [1.29, 1.82) is 0 Å². The van der Waals surface area contributed by atoms with Gasteiger partial charge in [-0.3, -0.25) is 9.48 Å². The zero-order valence-corrected chi connectivity index (χ0v) is 13.8. The Morgan fingerprint density at radius 1 is 1.21 bits per heavy atom. The van der Waals surface area contributed by atoms with Gasteiger partial charge in [-0.25, -0.2) is 0 Å². The summed E-state index contributed by atoms with van der Waals surface area (Å²) in [6.07, 6.45) is 6.57. The Morgan fingerprint density at radius 3 is 2.75 bits per heavy atom. The van der Waals surface area contributed by atoms with Gasteiger partial charge in [0.05, 0.1) is 12.1 Å². The van der Waals surface area contributed by atoms with Crippen molar-refractivity contribution in [1.82, 2.24) is 20.4 Å². The first-order valence-corrected chi connectivity index (χ1v) is 8.93. The third-order valence-corrected chi connectivity index (χ3v) is 5.02. The fourth-order valence-corrected chi connectivity index (χ4v) is 3.50. The average molecular weight is 324 g/mol. The van der Waals surface area contributed by atoms with Crippen molar-refractivity contribution in [2.75, 3.05) is 13.1 Å². The third kappa shape index (κ3) is 3.36. The lowest BCUT2D eigenvalue weighted by Crippen LogP contribution is -2.33. The van der Waals surface area contributed by atoms with Gasteiger partial charge in [0.15, 0.2) is 0 Å². The molecule has 2 unspecified atom stereocenters. The fraction of sp³-hybridized carbons (Fsp3) is 0.474. The lowest BCUT2D eigenvalue weighted by atomic mass is 10.0. The zero-order valence-electron chi connectivity index (χ0n) is 13.8. The topological polar surface area (TPSA) is 59.0 Å². The molecule has 126 valence electrons. The molecule has 0 spiro atoms. The second-order valence-corrected chi connectivity index (χ2v) is 6.88. The zero-order chi connectivity index (χ0) is 16.4. The van der Waals surface area contributed by atoms with E-state index in [1.807, 2.05) is 35.1 Å². The molecule has 1 aromatic carbocycles. The number of amides is 1. The SMILES string of the molecule is O=C(NC(c1ccccc1)C1CC1)c1ccn(C2CCCNC2)n1. The molecule has 1 saturated heterocycles. The molecule has 2 aliphatic rings. The van der Waals surface area contributed by atoms with Crippen LogP contribution in [0.2, 0.25) is 0 Å². The molecule has 2 fully saturated rings. The first-order valence-electron chi connectivity index (χ1n) is 8.93. The standard InChI is InChI=1S/C19H24N4O/c24-19(17-10-12-23(22-17)16-7-4-11-20-13-16)21-18(15-8-9-15)14-5-2-1-3-6-14/h1-3,5-6,10,12,15-16,18,20H,4,7-9,11,13H2,(H,21,24). The maximum Gasteiger partial charge on any atom is 0.272 e. The Hall–Kier alpha value is -2.14. The molecule has 2 N–H and O–H groups in total. The second-order valence-electron chi connectivity index (χ2n) is 6.88. The molecule has 0 radical (unpaired) electrons. The number of piperidine rings is 1. The van der Waals surface area contributed by atoms with Gasteiger partial charge < -0.3 is 10.6 Å². The highest BCUT2D eigenvalue weighted by molar-refractivity contribution is 5.92. The molecule has 4 rings (SSSR count). The van der Waals surface area contributed by atoms with Crippen LogP contribution in [0.4, 0.5) is 0 Å². The minimum atomic E-state index is -0.0710. The van der Waals surface area contributed by atoms with Gasteiger partial charge in [0.1, 0.15) is 5.69 Å². The van der Waals surface area contributed by atoms with Crippen LogP contribution in [0, 0.1) is 5.92 Å². The Bertz CT molecular complexity index is 686.